The van der Waals surface area contributed by atoms with E-state index in [-0.39, 0.29) is 12.2 Å². The molecule has 0 bridgehead atoms. The maximum absolute atomic E-state index is 12.1. The van der Waals surface area contributed by atoms with Gasteiger partial charge in [-0.2, -0.15) is 4.98 Å². The summed E-state index contributed by atoms with van der Waals surface area (Å²) in [7, 11) is 3.08. The molecule has 0 aliphatic rings. The number of nitrogens with zero attached hydrogens (tertiary/aromatic N) is 3. The second-order valence-electron chi connectivity index (χ2n) is 5.29. The van der Waals surface area contributed by atoms with Gasteiger partial charge in [-0.05, 0) is 5.56 Å². The highest BCUT2D eigenvalue weighted by molar-refractivity contribution is 5.73. The van der Waals surface area contributed by atoms with E-state index in [0.29, 0.717) is 11.5 Å². The van der Waals surface area contributed by atoms with Crippen molar-refractivity contribution in [1.82, 2.24) is 19.1 Å². The molecule has 8 nitrogen and oxygen atoms in total. The van der Waals surface area contributed by atoms with E-state index in [1.54, 1.807) is 11.6 Å². The third-order valence-electron chi connectivity index (χ3n) is 3.77. The van der Waals surface area contributed by atoms with Crippen molar-refractivity contribution in [1.29, 1.82) is 0 Å². The van der Waals surface area contributed by atoms with Crippen molar-refractivity contribution in [2.24, 2.45) is 14.1 Å². The fourth-order valence-electron chi connectivity index (χ4n) is 2.41. The van der Waals surface area contributed by atoms with Crippen LogP contribution in [-0.2, 0) is 14.1 Å². The van der Waals surface area contributed by atoms with E-state index in [9.17, 15) is 14.7 Å². The maximum Gasteiger partial charge on any atom is 0.329 e. The fraction of sp³-hybridized carbons (Fsp3) is 0.267. The van der Waals surface area contributed by atoms with Gasteiger partial charge in [0.1, 0.15) is 0 Å². The number of aromatic nitrogens is 4. The van der Waals surface area contributed by atoms with Crippen molar-refractivity contribution in [3.63, 3.8) is 0 Å². The Hall–Kier alpha value is -2.87. The topological polar surface area (TPSA) is 105 Å². The lowest BCUT2D eigenvalue weighted by Crippen LogP contribution is -2.33. The van der Waals surface area contributed by atoms with Gasteiger partial charge >= 0.3 is 5.69 Å². The van der Waals surface area contributed by atoms with Crippen molar-refractivity contribution < 1.29 is 5.11 Å². The molecule has 0 spiro atoms. The SMILES string of the molecule is Cn1c(=O)[nH]c2nc(NC[C@H](O)c3ccccc3)n(C)c2c1=O. The molecule has 120 valence electrons. The standard InChI is InChI=1S/C15H17N5O3/c1-19-11-12(18-15(23)20(2)13(11)22)17-14(19)16-8-10(21)9-6-4-3-5-7-9/h3-7,10,21H,8H2,1-2H3,(H,16,17)(H,18,23)/t10-/m0/s1. The second kappa shape index (κ2) is 5.73. The zero-order valence-electron chi connectivity index (χ0n) is 12.8. The molecular formula is C15H17N5O3. The number of H-pyrrole nitrogens is 1. The van der Waals surface area contributed by atoms with Gasteiger partial charge in [-0.25, -0.2) is 4.79 Å². The first-order valence-electron chi connectivity index (χ1n) is 7.11. The predicted molar refractivity (Wildman–Crippen MR) is 86.5 cm³/mol. The average molecular weight is 315 g/mol. The highest BCUT2D eigenvalue weighted by Gasteiger charge is 2.15. The maximum atomic E-state index is 12.1. The third-order valence-corrected chi connectivity index (χ3v) is 3.77. The summed E-state index contributed by atoms with van der Waals surface area (Å²) in [4.78, 5) is 30.5. The van der Waals surface area contributed by atoms with Crippen molar-refractivity contribution >= 4 is 17.1 Å². The average Bonchev–Trinajstić information content (AvgIpc) is 2.87. The molecule has 0 aliphatic heterocycles. The van der Waals surface area contributed by atoms with Gasteiger partial charge in [0.15, 0.2) is 11.2 Å². The van der Waals surface area contributed by atoms with Gasteiger partial charge in [0.05, 0.1) is 6.10 Å². The van der Waals surface area contributed by atoms with Crippen LogP contribution in [0.2, 0.25) is 0 Å². The molecule has 1 aromatic carbocycles. The molecule has 2 heterocycles. The third kappa shape index (κ3) is 2.64. The van der Waals surface area contributed by atoms with E-state index in [1.807, 2.05) is 30.3 Å². The Labute approximate surface area is 131 Å². The van der Waals surface area contributed by atoms with Crippen LogP contribution in [0.1, 0.15) is 11.7 Å². The summed E-state index contributed by atoms with van der Waals surface area (Å²) < 4.78 is 2.55. The number of aryl methyl sites for hydroxylation is 1. The molecule has 23 heavy (non-hydrogen) atoms. The van der Waals surface area contributed by atoms with Gasteiger partial charge in [-0.1, -0.05) is 30.3 Å². The van der Waals surface area contributed by atoms with Crippen LogP contribution in [0, 0.1) is 0 Å². The van der Waals surface area contributed by atoms with E-state index in [1.165, 1.54) is 7.05 Å². The molecule has 0 saturated heterocycles. The van der Waals surface area contributed by atoms with Crippen LogP contribution in [-0.4, -0.2) is 30.8 Å². The van der Waals surface area contributed by atoms with Gasteiger partial charge in [0, 0.05) is 20.6 Å². The molecule has 0 aliphatic carbocycles. The van der Waals surface area contributed by atoms with Crippen molar-refractivity contribution in [2.75, 3.05) is 11.9 Å². The first kappa shape index (κ1) is 15.0. The minimum Gasteiger partial charge on any atom is -0.387 e. The number of benzene rings is 1. The van der Waals surface area contributed by atoms with Crippen LogP contribution >= 0.6 is 0 Å². The zero-order valence-corrected chi connectivity index (χ0v) is 12.8. The Bertz CT molecular complexity index is 955. The van der Waals surface area contributed by atoms with Crippen LogP contribution in [0.4, 0.5) is 5.95 Å². The number of aromatic amines is 1. The highest BCUT2D eigenvalue weighted by atomic mass is 16.3. The summed E-state index contributed by atoms with van der Waals surface area (Å²) >= 11 is 0. The largest absolute Gasteiger partial charge is 0.387 e. The zero-order chi connectivity index (χ0) is 16.6. The Morgan fingerprint density at radius 1 is 1.22 bits per heavy atom. The lowest BCUT2D eigenvalue weighted by molar-refractivity contribution is 0.191. The number of aliphatic hydroxyl groups excluding tert-OH is 1. The molecule has 2 aromatic heterocycles. The van der Waals surface area contributed by atoms with E-state index in [4.69, 9.17) is 0 Å². The van der Waals surface area contributed by atoms with Gasteiger partial charge < -0.3 is 15.0 Å². The lowest BCUT2D eigenvalue weighted by atomic mass is 10.1. The minimum absolute atomic E-state index is 0.220. The second-order valence-corrected chi connectivity index (χ2v) is 5.29. The number of fused-ring (bicyclic) bond motifs is 1. The molecule has 1 atom stereocenters. The van der Waals surface area contributed by atoms with Gasteiger partial charge in [-0.3, -0.25) is 14.3 Å². The van der Waals surface area contributed by atoms with Crippen LogP contribution in [0.25, 0.3) is 11.2 Å². The molecule has 0 saturated carbocycles. The Morgan fingerprint density at radius 2 is 1.91 bits per heavy atom. The summed E-state index contributed by atoms with van der Waals surface area (Å²) in [6, 6.07) is 9.23. The summed E-state index contributed by atoms with van der Waals surface area (Å²) in [5.74, 6) is 0.397. The predicted octanol–water partition coefficient (Wildman–Crippen LogP) is 0.106. The van der Waals surface area contributed by atoms with Gasteiger partial charge in [0.25, 0.3) is 5.56 Å². The summed E-state index contributed by atoms with van der Waals surface area (Å²) in [6.45, 7) is 0.228. The Kier molecular flexibility index (Phi) is 3.75. The van der Waals surface area contributed by atoms with Crippen LogP contribution in [0.5, 0.6) is 0 Å². The smallest absolute Gasteiger partial charge is 0.329 e. The van der Waals surface area contributed by atoms with Gasteiger partial charge in [-0.15, -0.1) is 0 Å². The van der Waals surface area contributed by atoms with Crippen molar-refractivity contribution in [3.05, 3.63) is 56.7 Å². The van der Waals surface area contributed by atoms with Crippen LogP contribution < -0.4 is 16.6 Å². The summed E-state index contributed by atoms with van der Waals surface area (Å²) in [5, 5.41) is 13.2. The number of hydrogen-bond donors (Lipinski definition) is 3. The first-order valence-corrected chi connectivity index (χ1v) is 7.11. The van der Waals surface area contributed by atoms with E-state index in [0.717, 1.165) is 10.1 Å². The Balaban J connectivity index is 1.90. The molecule has 0 unspecified atom stereocenters. The fourth-order valence-corrected chi connectivity index (χ4v) is 2.41. The van der Waals surface area contributed by atoms with E-state index in [2.05, 4.69) is 15.3 Å². The number of hydrogen-bond acceptors (Lipinski definition) is 5. The van der Waals surface area contributed by atoms with Crippen LogP contribution in [0.15, 0.2) is 39.9 Å². The lowest BCUT2D eigenvalue weighted by Gasteiger charge is -2.12. The molecular weight excluding hydrogens is 298 g/mol. The molecule has 3 rings (SSSR count). The van der Waals surface area contributed by atoms with Crippen molar-refractivity contribution in [3.8, 4) is 0 Å². The molecule has 0 fully saturated rings. The summed E-state index contributed by atoms with van der Waals surface area (Å²) in [6.07, 6.45) is -0.710. The quantitative estimate of drug-likeness (QED) is 0.633. The van der Waals surface area contributed by atoms with Crippen LogP contribution in [0.3, 0.4) is 0 Å². The monoisotopic (exact) mass is 315 g/mol. The normalized spacial score (nSPS) is 12.5. The van der Waals surface area contributed by atoms with Gasteiger partial charge in [0.2, 0.25) is 5.95 Å². The molecule has 0 radical (unpaired) electrons. The number of nitrogens with one attached hydrogen (secondary N) is 2. The number of imidazole rings is 1. The number of aliphatic hydroxyl groups is 1. The first-order chi connectivity index (χ1) is 11.0. The van der Waals surface area contributed by atoms with E-state index >= 15 is 0 Å². The molecule has 3 N–H and O–H groups in total. The van der Waals surface area contributed by atoms with E-state index < -0.39 is 17.4 Å². The van der Waals surface area contributed by atoms with Crippen molar-refractivity contribution in [2.45, 2.75) is 6.10 Å². The summed E-state index contributed by atoms with van der Waals surface area (Å²) in [5.41, 5.74) is 0.357. The minimum atomic E-state index is -0.710. The molecule has 3 aromatic rings. The molecule has 8 heteroatoms. The molecule has 0 amide bonds. The highest BCUT2D eigenvalue weighted by Crippen LogP contribution is 2.15. The number of rotatable bonds is 4. The number of anilines is 1. The Morgan fingerprint density at radius 3 is 2.61 bits per heavy atom.